The molecule has 1 fully saturated rings. The lowest BCUT2D eigenvalue weighted by Gasteiger charge is -2.32. The maximum Gasteiger partial charge on any atom is 0.393 e. The van der Waals surface area contributed by atoms with E-state index >= 15 is 0 Å². The summed E-state index contributed by atoms with van der Waals surface area (Å²) in [6, 6.07) is 2.16. The van der Waals surface area contributed by atoms with E-state index < -0.39 is 50.9 Å². The minimum absolute atomic E-state index is 0.0103. The van der Waals surface area contributed by atoms with E-state index in [0.29, 0.717) is 16.4 Å². The molecule has 0 amide bonds. The van der Waals surface area contributed by atoms with Crippen molar-refractivity contribution in [3.63, 3.8) is 0 Å². The molecule has 0 spiro atoms. The molecule has 1 aliphatic heterocycles. The minimum atomic E-state index is -4.55. The Morgan fingerprint density at radius 2 is 1.96 bits per heavy atom. The van der Waals surface area contributed by atoms with Crippen LogP contribution in [0.3, 0.4) is 0 Å². The fourth-order valence-corrected chi connectivity index (χ4v) is 4.02. The highest BCUT2D eigenvalue weighted by atomic mass is 32.2. The number of piperidine rings is 1. The molecule has 2 rings (SSSR count). The number of carbonyl (C=O) groups is 1. The van der Waals surface area contributed by atoms with Gasteiger partial charge >= 0.3 is 12.1 Å². The number of halogens is 4. The zero-order chi connectivity index (χ0) is 17.4. The van der Waals surface area contributed by atoms with E-state index in [1.807, 2.05) is 0 Å². The van der Waals surface area contributed by atoms with Crippen LogP contribution in [-0.4, -0.2) is 43.1 Å². The summed E-state index contributed by atoms with van der Waals surface area (Å²) in [5.74, 6) is -4.49. The molecule has 0 saturated carbocycles. The number of aromatic carboxylic acids is 1. The number of sulfonamides is 1. The summed E-state index contributed by atoms with van der Waals surface area (Å²) < 4.78 is 77.5. The number of nitrogens with zero attached hydrogens (tertiary/aromatic N) is 1. The Balaban J connectivity index is 2.38. The fraction of sp³-hybridized carbons (Fsp3) is 0.462. The molecule has 0 unspecified atom stereocenters. The largest absolute Gasteiger partial charge is 0.478 e. The lowest BCUT2D eigenvalue weighted by molar-refractivity contribution is -0.182. The Hall–Kier alpha value is -1.68. The first kappa shape index (κ1) is 17.7. The first-order valence-corrected chi connectivity index (χ1v) is 8.07. The topological polar surface area (TPSA) is 74.7 Å². The number of rotatable bonds is 3. The van der Waals surface area contributed by atoms with Gasteiger partial charge in [0.1, 0.15) is 10.7 Å². The van der Waals surface area contributed by atoms with E-state index in [9.17, 15) is 30.8 Å². The molecule has 0 radical (unpaired) electrons. The van der Waals surface area contributed by atoms with Crippen molar-refractivity contribution >= 4 is 16.0 Å². The fourth-order valence-electron chi connectivity index (χ4n) is 2.40. The Labute approximate surface area is 129 Å². The van der Waals surface area contributed by atoms with Crippen LogP contribution in [0.25, 0.3) is 0 Å². The second-order valence-electron chi connectivity index (χ2n) is 5.19. The summed E-state index contributed by atoms with van der Waals surface area (Å²) in [6.07, 6.45) is -4.76. The van der Waals surface area contributed by atoms with Crippen molar-refractivity contribution in [3.8, 4) is 0 Å². The van der Waals surface area contributed by atoms with Gasteiger partial charge in [0, 0.05) is 13.1 Å². The van der Waals surface area contributed by atoms with Crippen LogP contribution >= 0.6 is 0 Å². The Kier molecular flexibility index (Phi) is 4.67. The van der Waals surface area contributed by atoms with Gasteiger partial charge in [0.25, 0.3) is 0 Å². The maximum absolute atomic E-state index is 13.8. The molecule has 0 aliphatic carbocycles. The monoisotopic (exact) mass is 355 g/mol. The van der Waals surface area contributed by atoms with Gasteiger partial charge in [-0.25, -0.2) is 17.6 Å². The quantitative estimate of drug-likeness (QED) is 0.846. The van der Waals surface area contributed by atoms with E-state index in [-0.39, 0.29) is 19.4 Å². The van der Waals surface area contributed by atoms with E-state index in [1.165, 1.54) is 0 Å². The highest BCUT2D eigenvalue weighted by Crippen LogP contribution is 2.35. The summed E-state index contributed by atoms with van der Waals surface area (Å²) in [7, 11) is -4.55. The lowest BCUT2D eigenvalue weighted by atomic mass is 9.99. The van der Waals surface area contributed by atoms with Crippen molar-refractivity contribution in [1.82, 2.24) is 4.31 Å². The van der Waals surface area contributed by atoms with Gasteiger partial charge < -0.3 is 5.11 Å². The average molecular weight is 355 g/mol. The van der Waals surface area contributed by atoms with Gasteiger partial charge in [-0.15, -0.1) is 0 Å². The van der Waals surface area contributed by atoms with Gasteiger partial charge in [-0.05, 0) is 31.0 Å². The average Bonchev–Trinajstić information content (AvgIpc) is 2.46. The van der Waals surface area contributed by atoms with Crippen LogP contribution in [-0.2, 0) is 10.0 Å². The predicted octanol–water partition coefficient (Wildman–Crippen LogP) is 2.49. The Morgan fingerprint density at radius 1 is 1.30 bits per heavy atom. The summed E-state index contributed by atoms with van der Waals surface area (Å²) >= 11 is 0. The SMILES string of the molecule is O=C(O)c1ccc(F)c(S(=O)(=O)N2CCC[C@H](C(F)(F)F)C2)c1. The van der Waals surface area contributed by atoms with Crippen LogP contribution in [0.2, 0.25) is 0 Å². The van der Waals surface area contributed by atoms with Crippen molar-refractivity contribution in [2.24, 2.45) is 5.92 Å². The van der Waals surface area contributed by atoms with Crippen LogP contribution in [0.4, 0.5) is 17.6 Å². The standard InChI is InChI=1S/C13H13F4NO4S/c14-10-4-3-8(12(19)20)6-11(10)23(21,22)18-5-1-2-9(7-18)13(15,16)17/h3-4,6,9H,1-2,5,7H2,(H,19,20)/t9-/m0/s1. The minimum Gasteiger partial charge on any atom is -0.478 e. The molecule has 0 bridgehead atoms. The van der Waals surface area contributed by atoms with E-state index in [2.05, 4.69) is 0 Å². The number of benzene rings is 1. The van der Waals surface area contributed by atoms with Crippen LogP contribution in [0.15, 0.2) is 23.1 Å². The molecular formula is C13H13F4NO4S. The zero-order valence-electron chi connectivity index (χ0n) is 11.7. The third-order valence-corrected chi connectivity index (χ3v) is 5.52. The van der Waals surface area contributed by atoms with Crippen molar-refractivity contribution in [2.45, 2.75) is 23.9 Å². The van der Waals surface area contributed by atoms with E-state index in [1.54, 1.807) is 0 Å². The number of alkyl halides is 3. The normalized spacial score (nSPS) is 20.4. The summed E-state index contributed by atoms with van der Waals surface area (Å²) in [4.78, 5) is 9.94. The van der Waals surface area contributed by atoms with E-state index in [0.717, 1.165) is 6.07 Å². The smallest absolute Gasteiger partial charge is 0.393 e. The van der Waals surface area contributed by atoms with Gasteiger partial charge in [-0.2, -0.15) is 17.5 Å². The Bertz CT molecular complexity index is 717. The molecule has 1 aromatic rings. The molecule has 1 heterocycles. The number of hydrogen-bond donors (Lipinski definition) is 1. The molecular weight excluding hydrogens is 342 g/mol. The van der Waals surface area contributed by atoms with Gasteiger partial charge in [0.05, 0.1) is 11.5 Å². The number of hydrogen-bond acceptors (Lipinski definition) is 3. The van der Waals surface area contributed by atoms with Gasteiger partial charge in [0.15, 0.2) is 0 Å². The van der Waals surface area contributed by atoms with Crippen LogP contribution in [0.1, 0.15) is 23.2 Å². The van der Waals surface area contributed by atoms with Crippen molar-refractivity contribution in [1.29, 1.82) is 0 Å². The number of carboxylic acid groups (broad SMARTS) is 1. The summed E-state index contributed by atoms with van der Waals surface area (Å²) in [5.41, 5.74) is -0.464. The van der Waals surface area contributed by atoms with Gasteiger partial charge in [-0.1, -0.05) is 0 Å². The highest BCUT2D eigenvalue weighted by molar-refractivity contribution is 7.89. The summed E-state index contributed by atoms with van der Waals surface area (Å²) in [6.45, 7) is -0.978. The van der Waals surface area contributed by atoms with Gasteiger partial charge in [0.2, 0.25) is 10.0 Å². The lowest BCUT2D eigenvalue weighted by Crippen LogP contribution is -2.44. The predicted molar refractivity (Wildman–Crippen MR) is 70.9 cm³/mol. The number of carboxylic acids is 1. The molecule has 5 nitrogen and oxygen atoms in total. The first-order valence-electron chi connectivity index (χ1n) is 6.63. The van der Waals surface area contributed by atoms with Crippen molar-refractivity contribution < 1.29 is 35.9 Å². The second kappa shape index (κ2) is 6.08. The molecule has 1 N–H and O–H groups in total. The van der Waals surface area contributed by atoms with Gasteiger partial charge in [-0.3, -0.25) is 0 Å². The molecule has 128 valence electrons. The third kappa shape index (κ3) is 3.63. The molecule has 1 aromatic carbocycles. The highest BCUT2D eigenvalue weighted by Gasteiger charge is 2.44. The molecule has 1 saturated heterocycles. The maximum atomic E-state index is 13.8. The third-order valence-electron chi connectivity index (χ3n) is 3.64. The van der Waals surface area contributed by atoms with Crippen LogP contribution in [0.5, 0.6) is 0 Å². The molecule has 0 aromatic heterocycles. The zero-order valence-corrected chi connectivity index (χ0v) is 12.5. The van der Waals surface area contributed by atoms with Crippen molar-refractivity contribution in [2.75, 3.05) is 13.1 Å². The Morgan fingerprint density at radius 3 is 2.52 bits per heavy atom. The van der Waals surface area contributed by atoms with Crippen LogP contribution < -0.4 is 0 Å². The van der Waals surface area contributed by atoms with Crippen LogP contribution in [0, 0.1) is 11.7 Å². The second-order valence-corrected chi connectivity index (χ2v) is 7.10. The van der Waals surface area contributed by atoms with E-state index in [4.69, 9.17) is 5.11 Å². The molecule has 10 heteroatoms. The molecule has 23 heavy (non-hydrogen) atoms. The summed E-state index contributed by atoms with van der Waals surface area (Å²) in [5, 5.41) is 8.85. The molecule has 1 atom stereocenters. The molecule has 1 aliphatic rings. The first-order chi connectivity index (χ1) is 10.5. The van der Waals surface area contributed by atoms with Crippen molar-refractivity contribution in [3.05, 3.63) is 29.6 Å².